The van der Waals surface area contributed by atoms with Crippen LogP contribution in [0.15, 0.2) is 0 Å². The number of rotatable bonds is 0. The van der Waals surface area contributed by atoms with Gasteiger partial charge in [0.2, 0.25) is 0 Å². The molecule has 1 heteroatoms. The zero-order chi connectivity index (χ0) is 14.7. The Bertz CT molecular complexity index is 470. The van der Waals surface area contributed by atoms with E-state index in [0.717, 1.165) is 0 Å². The van der Waals surface area contributed by atoms with Crippen LogP contribution >= 0.6 is 0 Å². The van der Waals surface area contributed by atoms with E-state index in [4.69, 9.17) is 0 Å². The Labute approximate surface area is 135 Å². The van der Waals surface area contributed by atoms with Crippen molar-refractivity contribution in [3.05, 3.63) is 0 Å². The van der Waals surface area contributed by atoms with Gasteiger partial charge in [-0.1, -0.05) is 32.1 Å². The second-order valence-electron chi connectivity index (χ2n) is 10.2. The van der Waals surface area contributed by atoms with Gasteiger partial charge < -0.3 is 5.11 Å². The predicted octanol–water partition coefficient (Wildman–Crippen LogP) is 5.21. The summed E-state index contributed by atoms with van der Waals surface area (Å²) in [7, 11) is 0. The fourth-order valence-electron chi connectivity index (χ4n) is 9.58. The van der Waals surface area contributed by atoms with Crippen LogP contribution in [0.25, 0.3) is 0 Å². The monoisotopic (exact) mass is 300 g/mol. The van der Waals surface area contributed by atoms with Crippen molar-refractivity contribution < 1.29 is 5.11 Å². The maximum atomic E-state index is 11.8. The molecule has 0 bridgehead atoms. The highest BCUT2D eigenvalue weighted by molar-refractivity contribution is 5.34. The first-order valence-corrected chi connectivity index (χ1v) is 10.4. The molecule has 0 aromatic rings. The minimum atomic E-state index is 0.0642. The van der Waals surface area contributed by atoms with E-state index in [1.54, 1.807) is 0 Å². The van der Waals surface area contributed by atoms with Crippen molar-refractivity contribution >= 4 is 0 Å². The summed E-state index contributed by atoms with van der Waals surface area (Å²) in [4.78, 5) is 0. The molecule has 1 nitrogen and oxygen atoms in total. The molecule has 1 N–H and O–H groups in total. The van der Waals surface area contributed by atoms with Gasteiger partial charge in [0, 0.05) is 10.8 Å². The molecule has 22 heavy (non-hydrogen) atoms. The van der Waals surface area contributed by atoms with Crippen molar-refractivity contribution in [1.29, 1.82) is 0 Å². The van der Waals surface area contributed by atoms with Crippen molar-refractivity contribution in [3.63, 3.8) is 0 Å². The minimum Gasteiger partial charge on any atom is -0.392 e. The van der Waals surface area contributed by atoms with E-state index in [2.05, 4.69) is 0 Å². The van der Waals surface area contributed by atoms with Crippen LogP contribution in [0.2, 0.25) is 0 Å². The summed E-state index contributed by atoms with van der Waals surface area (Å²) in [5.74, 6) is 0. The van der Waals surface area contributed by atoms with Gasteiger partial charge in [-0.15, -0.1) is 0 Å². The van der Waals surface area contributed by atoms with Crippen LogP contribution in [0, 0.1) is 27.1 Å². The highest BCUT2D eigenvalue weighted by atomic mass is 16.3. The third kappa shape index (κ3) is 0.927. The lowest BCUT2D eigenvalue weighted by atomic mass is 9.17. The van der Waals surface area contributed by atoms with Gasteiger partial charge in [0.1, 0.15) is 0 Å². The average molecular weight is 300 g/mol. The van der Waals surface area contributed by atoms with Crippen molar-refractivity contribution in [2.24, 2.45) is 27.1 Å². The third-order valence-electron chi connectivity index (χ3n) is 10.9. The Morgan fingerprint density at radius 1 is 0.455 bits per heavy atom. The van der Waals surface area contributed by atoms with Crippen LogP contribution in [0.1, 0.15) is 96.3 Å². The number of hydrogen-bond acceptors (Lipinski definition) is 1. The first-order chi connectivity index (χ1) is 10.7. The van der Waals surface area contributed by atoms with Crippen molar-refractivity contribution in [3.8, 4) is 0 Å². The number of aliphatic hydroxyl groups is 1. The van der Waals surface area contributed by atoms with Crippen LogP contribution in [0.5, 0.6) is 0 Å². The molecule has 0 aromatic heterocycles. The number of fused-ring (bicyclic) bond motifs is 4. The Morgan fingerprint density at radius 3 is 0.955 bits per heavy atom. The molecule has 0 atom stereocenters. The fourth-order valence-corrected chi connectivity index (χ4v) is 9.58. The number of aliphatic hydroxyl groups excluding tert-OH is 1. The largest absolute Gasteiger partial charge is 0.392 e. The van der Waals surface area contributed by atoms with Gasteiger partial charge in [0.05, 0.1) is 6.10 Å². The molecule has 6 saturated carbocycles. The second kappa shape index (κ2) is 3.63. The minimum absolute atomic E-state index is 0.0642. The summed E-state index contributed by atoms with van der Waals surface area (Å²) in [6.07, 6.45) is 21.7. The van der Waals surface area contributed by atoms with Crippen LogP contribution in [-0.4, -0.2) is 11.2 Å². The van der Waals surface area contributed by atoms with Crippen molar-refractivity contribution in [2.45, 2.75) is 102 Å². The van der Waals surface area contributed by atoms with E-state index in [0.29, 0.717) is 27.1 Å². The van der Waals surface area contributed by atoms with Gasteiger partial charge in [0.15, 0.2) is 0 Å². The molecule has 0 aromatic carbocycles. The molecule has 5 spiro atoms. The van der Waals surface area contributed by atoms with E-state index >= 15 is 0 Å². The lowest BCUT2D eigenvalue weighted by Crippen LogP contribution is -2.83. The molecule has 0 aliphatic heterocycles. The SMILES string of the molecule is OC1C2(CCC2)C2(CCC2)C2(CCC2)C2(CCC2)C12CCC2. The highest BCUT2D eigenvalue weighted by Gasteiger charge is 2.85. The van der Waals surface area contributed by atoms with Gasteiger partial charge in [-0.05, 0) is 80.5 Å². The topological polar surface area (TPSA) is 20.2 Å². The maximum Gasteiger partial charge on any atom is 0.0663 e. The Kier molecular flexibility index (Phi) is 2.19. The molecule has 6 aliphatic rings. The Hall–Kier alpha value is -0.0400. The average Bonchev–Trinajstić information content (AvgIpc) is 2.25. The van der Waals surface area contributed by atoms with Crippen molar-refractivity contribution in [2.75, 3.05) is 0 Å². The molecule has 0 heterocycles. The molecule has 0 unspecified atom stereocenters. The van der Waals surface area contributed by atoms with Gasteiger partial charge in [-0.2, -0.15) is 0 Å². The molecule has 122 valence electrons. The number of hydrogen-bond donors (Lipinski definition) is 1. The first kappa shape index (κ1) is 13.3. The van der Waals surface area contributed by atoms with Crippen LogP contribution in [0.4, 0.5) is 0 Å². The summed E-state index contributed by atoms with van der Waals surface area (Å²) >= 11 is 0. The molecular formula is C21H32O. The van der Waals surface area contributed by atoms with Gasteiger partial charge in [-0.3, -0.25) is 0 Å². The molecular weight excluding hydrogens is 268 g/mol. The predicted molar refractivity (Wildman–Crippen MR) is 87.4 cm³/mol. The van der Waals surface area contributed by atoms with E-state index in [9.17, 15) is 5.11 Å². The molecule has 6 rings (SSSR count). The van der Waals surface area contributed by atoms with Crippen LogP contribution in [0.3, 0.4) is 0 Å². The second-order valence-corrected chi connectivity index (χ2v) is 10.2. The lowest BCUT2D eigenvalue weighted by molar-refractivity contribution is -0.409. The van der Waals surface area contributed by atoms with E-state index in [1.807, 2.05) is 0 Å². The standard InChI is InChI=1S/C21H32O/c22-16-17(6-1-7-17)19(10-3-11-19)21(14-5-15-21)20(12-4-13-20)18(16)8-2-9-18/h16,22H,1-15H2. The van der Waals surface area contributed by atoms with Crippen LogP contribution in [-0.2, 0) is 0 Å². The molecule has 0 radical (unpaired) electrons. The third-order valence-corrected chi connectivity index (χ3v) is 10.9. The highest BCUT2D eigenvalue weighted by Crippen LogP contribution is 2.91. The van der Waals surface area contributed by atoms with Gasteiger partial charge in [-0.25, -0.2) is 0 Å². The fraction of sp³-hybridized carbons (Fsp3) is 1.00. The first-order valence-electron chi connectivity index (χ1n) is 10.4. The van der Waals surface area contributed by atoms with E-state index in [-0.39, 0.29) is 6.10 Å². The Morgan fingerprint density at radius 2 is 0.773 bits per heavy atom. The smallest absolute Gasteiger partial charge is 0.0663 e. The Balaban J connectivity index is 1.60. The summed E-state index contributed by atoms with van der Waals surface area (Å²) in [6.45, 7) is 0. The molecule has 6 fully saturated rings. The maximum absolute atomic E-state index is 11.8. The summed E-state index contributed by atoms with van der Waals surface area (Å²) in [5.41, 5.74) is 2.57. The summed E-state index contributed by atoms with van der Waals surface area (Å²) in [5, 5.41) is 11.8. The summed E-state index contributed by atoms with van der Waals surface area (Å²) < 4.78 is 0. The van der Waals surface area contributed by atoms with Gasteiger partial charge >= 0.3 is 0 Å². The van der Waals surface area contributed by atoms with Gasteiger partial charge in [0.25, 0.3) is 0 Å². The lowest BCUT2D eigenvalue weighted by Gasteiger charge is -2.87. The van der Waals surface area contributed by atoms with Crippen molar-refractivity contribution in [1.82, 2.24) is 0 Å². The zero-order valence-corrected chi connectivity index (χ0v) is 14.1. The van der Waals surface area contributed by atoms with Crippen LogP contribution < -0.4 is 0 Å². The van der Waals surface area contributed by atoms with E-state index in [1.165, 1.54) is 96.3 Å². The quantitative estimate of drug-likeness (QED) is 0.651. The zero-order valence-electron chi connectivity index (χ0n) is 14.1. The summed E-state index contributed by atoms with van der Waals surface area (Å²) in [6, 6.07) is 0. The van der Waals surface area contributed by atoms with E-state index < -0.39 is 0 Å². The normalized spacial score (nSPS) is 43.2. The molecule has 0 saturated heterocycles. The molecule has 6 aliphatic carbocycles. The molecule has 0 amide bonds.